The van der Waals surface area contributed by atoms with Crippen LogP contribution >= 0.6 is 0 Å². The van der Waals surface area contributed by atoms with Crippen LogP contribution in [0.25, 0.3) is 0 Å². The van der Waals surface area contributed by atoms with Crippen LogP contribution in [-0.2, 0) is 14.4 Å². The molecule has 0 aliphatic carbocycles. The van der Waals surface area contributed by atoms with Crippen molar-refractivity contribution in [3.05, 3.63) is 29.8 Å². The first kappa shape index (κ1) is 18.5. The van der Waals surface area contributed by atoms with Crippen LogP contribution in [0.4, 0.5) is 0 Å². The number of aliphatic carboxylic acids is 3. The molecule has 0 aliphatic rings. The molecular weight excluding hydrogens is 304 g/mol. The number of carbonyl (C=O) groups excluding carboxylic acids is 3. The Bertz CT molecular complexity index is 551. The molecule has 0 amide bonds. The standard InChI is InChI=1S/C16H20O7/c1-23-13-4-2-3-11(8-13)12(9-16(21)22)5-10(6-14(17)18)7-15(19)20/h2-4,8,10,12H,5-7,9H2,1H3,(H,17,18)(H,19,20)(H,21,22)/p-3/t12-/m1/s1. The number of hydrogen-bond acceptors (Lipinski definition) is 7. The van der Waals surface area contributed by atoms with E-state index >= 15 is 0 Å². The highest BCUT2D eigenvalue weighted by Gasteiger charge is 2.20. The highest BCUT2D eigenvalue weighted by molar-refractivity contribution is 5.69. The topological polar surface area (TPSA) is 130 Å². The van der Waals surface area contributed by atoms with Gasteiger partial charge in [0.2, 0.25) is 0 Å². The monoisotopic (exact) mass is 321 g/mol. The summed E-state index contributed by atoms with van der Waals surface area (Å²) >= 11 is 0. The van der Waals surface area contributed by atoms with Crippen molar-refractivity contribution in [3.8, 4) is 5.75 Å². The molecule has 0 fully saturated rings. The summed E-state index contributed by atoms with van der Waals surface area (Å²) in [5.41, 5.74) is 0.607. The molecule has 0 aromatic heterocycles. The van der Waals surface area contributed by atoms with E-state index in [0.29, 0.717) is 11.3 Å². The van der Waals surface area contributed by atoms with Crippen molar-refractivity contribution in [1.82, 2.24) is 0 Å². The average Bonchev–Trinajstić information content (AvgIpc) is 2.44. The smallest absolute Gasteiger partial charge is 0.119 e. The lowest BCUT2D eigenvalue weighted by atomic mass is 9.83. The van der Waals surface area contributed by atoms with Gasteiger partial charge in [-0.2, -0.15) is 0 Å². The predicted octanol–water partition coefficient (Wildman–Crippen LogP) is -1.79. The fraction of sp³-hybridized carbons (Fsp3) is 0.438. The van der Waals surface area contributed by atoms with Gasteiger partial charge in [0, 0.05) is 17.9 Å². The minimum atomic E-state index is -1.39. The lowest BCUT2D eigenvalue weighted by Gasteiger charge is -2.25. The van der Waals surface area contributed by atoms with E-state index in [-0.39, 0.29) is 12.8 Å². The van der Waals surface area contributed by atoms with Crippen LogP contribution in [0.2, 0.25) is 0 Å². The van der Waals surface area contributed by atoms with Crippen LogP contribution in [0.15, 0.2) is 24.3 Å². The van der Waals surface area contributed by atoms with E-state index in [2.05, 4.69) is 0 Å². The van der Waals surface area contributed by atoms with Gasteiger partial charge in [0.15, 0.2) is 0 Å². The SMILES string of the molecule is COc1cccc([C@@H](CC(=O)[O-])CC(CC(=O)[O-])CC(=O)[O-])c1. The molecule has 0 bridgehead atoms. The van der Waals surface area contributed by atoms with Crippen molar-refractivity contribution < 1.29 is 34.4 Å². The number of carboxylic acids is 3. The summed E-state index contributed by atoms with van der Waals surface area (Å²) in [5.74, 6) is -4.97. The maximum absolute atomic E-state index is 11.0. The molecule has 1 aromatic rings. The summed E-state index contributed by atoms with van der Waals surface area (Å²) in [6.07, 6.45) is -1.28. The Morgan fingerprint density at radius 2 is 1.57 bits per heavy atom. The van der Waals surface area contributed by atoms with Gasteiger partial charge in [-0.15, -0.1) is 0 Å². The molecule has 7 heteroatoms. The highest BCUT2D eigenvalue weighted by atomic mass is 16.5. The van der Waals surface area contributed by atoms with Gasteiger partial charge in [-0.25, -0.2) is 0 Å². The Morgan fingerprint density at radius 1 is 1.00 bits per heavy atom. The van der Waals surface area contributed by atoms with Gasteiger partial charge >= 0.3 is 0 Å². The zero-order valence-electron chi connectivity index (χ0n) is 12.7. The zero-order valence-corrected chi connectivity index (χ0v) is 12.7. The number of benzene rings is 1. The molecule has 1 atom stereocenters. The summed E-state index contributed by atoms with van der Waals surface area (Å²) in [5, 5.41) is 32.5. The highest BCUT2D eigenvalue weighted by Crippen LogP contribution is 2.31. The second-order valence-electron chi connectivity index (χ2n) is 5.30. The van der Waals surface area contributed by atoms with E-state index in [1.807, 2.05) is 0 Å². The quantitative estimate of drug-likeness (QED) is 0.497. The summed E-state index contributed by atoms with van der Waals surface area (Å²) < 4.78 is 5.07. The number of hydrogen-bond donors (Lipinski definition) is 0. The van der Waals surface area contributed by atoms with Gasteiger partial charge in [-0.3, -0.25) is 0 Å². The van der Waals surface area contributed by atoms with Crippen molar-refractivity contribution in [2.45, 2.75) is 31.6 Å². The predicted molar refractivity (Wildman–Crippen MR) is 72.7 cm³/mol. The van der Waals surface area contributed by atoms with Crippen molar-refractivity contribution in [1.29, 1.82) is 0 Å². The van der Waals surface area contributed by atoms with E-state index in [4.69, 9.17) is 4.74 Å². The molecule has 0 N–H and O–H groups in total. The van der Waals surface area contributed by atoms with Crippen LogP contribution in [0.3, 0.4) is 0 Å². The molecule has 1 rings (SSSR count). The molecule has 23 heavy (non-hydrogen) atoms. The molecule has 0 unspecified atom stereocenters. The average molecular weight is 321 g/mol. The number of ether oxygens (including phenoxy) is 1. The molecule has 0 saturated carbocycles. The third-order valence-electron chi connectivity index (χ3n) is 3.51. The van der Waals surface area contributed by atoms with Crippen LogP contribution < -0.4 is 20.1 Å². The van der Waals surface area contributed by atoms with Crippen LogP contribution in [0.1, 0.15) is 37.2 Å². The number of methoxy groups -OCH3 is 1. The van der Waals surface area contributed by atoms with Gasteiger partial charge < -0.3 is 34.4 Å². The molecule has 0 saturated heterocycles. The normalized spacial score (nSPS) is 11.9. The maximum Gasteiger partial charge on any atom is 0.119 e. The lowest BCUT2D eigenvalue weighted by Crippen LogP contribution is -2.32. The van der Waals surface area contributed by atoms with Crippen molar-refractivity contribution in [2.24, 2.45) is 5.92 Å². The molecule has 0 spiro atoms. The first-order valence-electron chi connectivity index (χ1n) is 7.05. The second-order valence-corrected chi connectivity index (χ2v) is 5.30. The van der Waals surface area contributed by atoms with E-state index in [1.165, 1.54) is 7.11 Å². The van der Waals surface area contributed by atoms with E-state index in [0.717, 1.165) is 0 Å². The Morgan fingerprint density at radius 3 is 2.04 bits per heavy atom. The largest absolute Gasteiger partial charge is 0.550 e. The van der Waals surface area contributed by atoms with Crippen molar-refractivity contribution >= 4 is 17.9 Å². The summed E-state index contributed by atoms with van der Waals surface area (Å²) in [4.78, 5) is 32.5. The first-order chi connectivity index (χ1) is 10.8. The second kappa shape index (κ2) is 8.77. The van der Waals surface area contributed by atoms with Crippen molar-refractivity contribution in [2.75, 3.05) is 7.11 Å². The van der Waals surface area contributed by atoms with Gasteiger partial charge in [0.1, 0.15) is 5.75 Å². The molecule has 7 nitrogen and oxygen atoms in total. The summed E-state index contributed by atoms with van der Waals surface area (Å²) in [7, 11) is 1.46. The number of rotatable bonds is 10. The molecule has 0 radical (unpaired) electrons. The Balaban J connectivity index is 3.00. The van der Waals surface area contributed by atoms with Gasteiger partial charge in [0.25, 0.3) is 0 Å². The third-order valence-corrected chi connectivity index (χ3v) is 3.51. The van der Waals surface area contributed by atoms with Gasteiger partial charge in [-0.1, -0.05) is 12.1 Å². The minimum Gasteiger partial charge on any atom is -0.550 e. The maximum atomic E-state index is 11.0. The van der Waals surface area contributed by atoms with E-state index in [9.17, 15) is 29.7 Å². The molecule has 1 aromatic carbocycles. The molecule has 0 heterocycles. The Hall–Kier alpha value is -2.57. The Labute approximate surface area is 133 Å². The number of carbonyl (C=O) groups is 3. The van der Waals surface area contributed by atoms with Crippen LogP contribution in [0.5, 0.6) is 5.75 Å². The van der Waals surface area contributed by atoms with Crippen molar-refractivity contribution in [3.63, 3.8) is 0 Å². The number of carboxylic acid groups (broad SMARTS) is 3. The van der Waals surface area contributed by atoms with Crippen LogP contribution in [0, 0.1) is 5.92 Å². The Kier molecular flexibility index (Phi) is 7.05. The first-order valence-corrected chi connectivity index (χ1v) is 7.05. The zero-order chi connectivity index (χ0) is 17.4. The molecular formula is C16H17O7-3. The minimum absolute atomic E-state index is 0.0447. The fourth-order valence-electron chi connectivity index (χ4n) is 2.55. The molecule has 0 aliphatic heterocycles. The van der Waals surface area contributed by atoms with E-state index < -0.39 is 42.6 Å². The van der Waals surface area contributed by atoms with E-state index in [1.54, 1.807) is 24.3 Å². The summed E-state index contributed by atoms with van der Waals surface area (Å²) in [6.45, 7) is 0. The van der Waals surface area contributed by atoms with Gasteiger partial charge in [-0.05, 0) is 55.2 Å². The summed E-state index contributed by atoms with van der Waals surface area (Å²) in [6, 6.07) is 6.65. The third kappa shape index (κ3) is 6.82. The van der Waals surface area contributed by atoms with Gasteiger partial charge in [0.05, 0.1) is 7.11 Å². The fourth-order valence-corrected chi connectivity index (χ4v) is 2.55. The lowest BCUT2D eigenvalue weighted by molar-refractivity contribution is -0.310. The van der Waals surface area contributed by atoms with Crippen LogP contribution in [-0.4, -0.2) is 25.0 Å². The molecule has 126 valence electrons.